The molecule has 0 saturated carbocycles. The molecule has 0 bridgehead atoms. The lowest BCUT2D eigenvalue weighted by Gasteiger charge is -2.08. The second-order valence-corrected chi connectivity index (χ2v) is 6.79. The smallest absolute Gasteiger partial charge is 0.338 e. The first-order valence-electron chi connectivity index (χ1n) is 8.87. The number of esters is 1. The fraction of sp³-hybridized carbons (Fsp3) is 0.0870. The minimum atomic E-state index is -0.670. The zero-order valence-corrected chi connectivity index (χ0v) is 16.4. The van der Waals surface area contributed by atoms with E-state index in [0.29, 0.717) is 21.8 Å². The van der Waals surface area contributed by atoms with Gasteiger partial charge in [0, 0.05) is 16.8 Å². The number of amides is 1. The molecule has 0 fully saturated rings. The molecule has 0 radical (unpaired) electrons. The standard InChI is InChI=1S/C23H18ClNO4/c1-15-9-11-16(12-10-15)22(27)25-18-6-4-5-17(13-18)23(28)29-14-21(26)19-7-2-3-8-20(19)24/h2-13H,14H2,1H3,(H,25,27). The molecule has 0 saturated heterocycles. The third kappa shape index (κ3) is 5.30. The summed E-state index contributed by atoms with van der Waals surface area (Å²) in [5.74, 6) is -1.35. The molecule has 0 aromatic heterocycles. The van der Waals surface area contributed by atoms with Crippen LogP contribution < -0.4 is 5.32 Å². The third-order valence-corrected chi connectivity index (χ3v) is 4.51. The van der Waals surface area contributed by atoms with Crippen LogP contribution in [0.4, 0.5) is 5.69 Å². The van der Waals surface area contributed by atoms with Crippen LogP contribution in [0, 0.1) is 6.92 Å². The number of hydrogen-bond donors (Lipinski definition) is 1. The maximum Gasteiger partial charge on any atom is 0.338 e. The summed E-state index contributed by atoms with van der Waals surface area (Å²) in [6.07, 6.45) is 0. The molecule has 0 heterocycles. The van der Waals surface area contributed by atoms with Gasteiger partial charge in [-0.25, -0.2) is 4.79 Å². The van der Waals surface area contributed by atoms with Crippen molar-refractivity contribution in [1.82, 2.24) is 0 Å². The van der Waals surface area contributed by atoms with Gasteiger partial charge in [-0.05, 0) is 49.4 Å². The number of rotatable bonds is 6. The number of anilines is 1. The quantitative estimate of drug-likeness (QED) is 0.464. The Balaban J connectivity index is 1.63. The van der Waals surface area contributed by atoms with E-state index in [-0.39, 0.29) is 11.5 Å². The molecule has 0 unspecified atom stereocenters. The Morgan fingerprint density at radius 3 is 2.34 bits per heavy atom. The number of halogens is 1. The predicted molar refractivity (Wildman–Crippen MR) is 112 cm³/mol. The molecule has 3 rings (SSSR count). The van der Waals surface area contributed by atoms with Gasteiger partial charge in [0.2, 0.25) is 5.78 Å². The lowest BCUT2D eigenvalue weighted by Crippen LogP contribution is -2.15. The van der Waals surface area contributed by atoms with Crippen LogP contribution in [0.5, 0.6) is 0 Å². The lowest BCUT2D eigenvalue weighted by molar-refractivity contribution is 0.0474. The summed E-state index contributed by atoms with van der Waals surface area (Å²) in [7, 11) is 0. The van der Waals surface area contributed by atoms with Gasteiger partial charge in [-0.3, -0.25) is 9.59 Å². The molecule has 3 aromatic rings. The third-order valence-electron chi connectivity index (χ3n) is 4.18. The minimum absolute atomic E-state index is 0.221. The molecule has 3 aromatic carbocycles. The van der Waals surface area contributed by atoms with Gasteiger partial charge in [0.25, 0.3) is 5.91 Å². The number of Topliss-reactive ketones (excluding diaryl/α,β-unsaturated/α-hetero) is 1. The first kappa shape index (κ1) is 20.3. The number of carbonyl (C=O) groups is 3. The van der Waals surface area contributed by atoms with E-state index in [1.54, 1.807) is 54.6 Å². The van der Waals surface area contributed by atoms with Crippen LogP contribution in [0.3, 0.4) is 0 Å². The van der Waals surface area contributed by atoms with E-state index in [1.165, 1.54) is 6.07 Å². The number of benzene rings is 3. The lowest BCUT2D eigenvalue weighted by atomic mass is 10.1. The summed E-state index contributed by atoms with van der Waals surface area (Å²) in [5.41, 5.74) is 2.52. The molecule has 0 spiro atoms. The van der Waals surface area contributed by atoms with Crippen molar-refractivity contribution in [2.75, 3.05) is 11.9 Å². The molecule has 146 valence electrons. The Kier molecular flexibility index (Phi) is 6.42. The first-order chi connectivity index (χ1) is 13.9. The van der Waals surface area contributed by atoms with Crippen LogP contribution in [0.1, 0.15) is 36.6 Å². The van der Waals surface area contributed by atoms with Gasteiger partial charge in [-0.15, -0.1) is 0 Å². The van der Waals surface area contributed by atoms with Gasteiger partial charge in [-0.2, -0.15) is 0 Å². The van der Waals surface area contributed by atoms with Crippen molar-refractivity contribution in [2.45, 2.75) is 6.92 Å². The molecule has 0 aliphatic rings. The normalized spacial score (nSPS) is 10.3. The van der Waals surface area contributed by atoms with Crippen molar-refractivity contribution in [3.63, 3.8) is 0 Å². The van der Waals surface area contributed by atoms with Crippen molar-refractivity contribution < 1.29 is 19.1 Å². The van der Waals surface area contributed by atoms with Crippen molar-refractivity contribution in [2.24, 2.45) is 0 Å². The van der Waals surface area contributed by atoms with Crippen molar-refractivity contribution >= 4 is 34.9 Å². The molecular formula is C23H18ClNO4. The number of aryl methyl sites for hydroxylation is 1. The van der Waals surface area contributed by atoms with Gasteiger partial charge >= 0.3 is 5.97 Å². The maximum atomic E-state index is 12.3. The number of hydrogen-bond acceptors (Lipinski definition) is 4. The second-order valence-electron chi connectivity index (χ2n) is 6.38. The maximum absolute atomic E-state index is 12.3. The van der Waals surface area contributed by atoms with Crippen LogP contribution in [0.2, 0.25) is 5.02 Å². The SMILES string of the molecule is Cc1ccc(C(=O)Nc2cccc(C(=O)OCC(=O)c3ccccc3Cl)c2)cc1. The van der Waals surface area contributed by atoms with E-state index in [4.69, 9.17) is 16.3 Å². The monoisotopic (exact) mass is 407 g/mol. The van der Waals surface area contributed by atoms with Crippen LogP contribution in [-0.4, -0.2) is 24.3 Å². The highest BCUT2D eigenvalue weighted by Gasteiger charge is 2.15. The Morgan fingerprint density at radius 1 is 0.897 bits per heavy atom. The molecule has 0 aliphatic carbocycles. The van der Waals surface area contributed by atoms with E-state index in [9.17, 15) is 14.4 Å². The summed E-state index contributed by atoms with van der Waals surface area (Å²) in [5, 5.41) is 3.04. The first-order valence-corrected chi connectivity index (χ1v) is 9.25. The van der Waals surface area contributed by atoms with Gasteiger partial charge in [-0.1, -0.05) is 47.5 Å². The van der Waals surface area contributed by atoms with E-state index in [2.05, 4.69) is 5.32 Å². The van der Waals surface area contributed by atoms with E-state index in [0.717, 1.165) is 5.56 Å². The summed E-state index contributed by atoms with van der Waals surface area (Å²) in [6, 6.07) is 20.0. The molecule has 0 atom stereocenters. The summed E-state index contributed by atoms with van der Waals surface area (Å²) < 4.78 is 5.10. The zero-order valence-electron chi connectivity index (χ0n) is 15.6. The Morgan fingerprint density at radius 2 is 1.62 bits per heavy atom. The number of ether oxygens (including phenoxy) is 1. The zero-order chi connectivity index (χ0) is 20.8. The Hall–Kier alpha value is -3.44. The van der Waals surface area contributed by atoms with Crippen molar-refractivity contribution in [1.29, 1.82) is 0 Å². The fourth-order valence-electron chi connectivity index (χ4n) is 2.61. The highest BCUT2D eigenvalue weighted by molar-refractivity contribution is 6.34. The summed E-state index contributed by atoms with van der Waals surface area (Å²) in [6.45, 7) is 1.51. The molecule has 1 amide bonds. The van der Waals surface area contributed by atoms with Gasteiger partial charge < -0.3 is 10.1 Å². The van der Waals surface area contributed by atoms with E-state index >= 15 is 0 Å². The molecule has 29 heavy (non-hydrogen) atoms. The highest BCUT2D eigenvalue weighted by atomic mass is 35.5. The van der Waals surface area contributed by atoms with Gasteiger partial charge in [0.05, 0.1) is 10.6 Å². The van der Waals surface area contributed by atoms with Gasteiger partial charge in [0.15, 0.2) is 6.61 Å². The molecule has 1 N–H and O–H groups in total. The van der Waals surface area contributed by atoms with Crippen LogP contribution in [0.15, 0.2) is 72.8 Å². The van der Waals surface area contributed by atoms with Crippen LogP contribution >= 0.6 is 11.6 Å². The molecule has 5 nitrogen and oxygen atoms in total. The Bertz CT molecular complexity index is 1060. The molecule has 0 aliphatic heterocycles. The van der Waals surface area contributed by atoms with E-state index in [1.807, 2.05) is 19.1 Å². The average Bonchev–Trinajstić information content (AvgIpc) is 2.72. The number of carbonyl (C=O) groups excluding carboxylic acids is 3. The van der Waals surface area contributed by atoms with E-state index < -0.39 is 18.4 Å². The number of nitrogens with one attached hydrogen (secondary N) is 1. The fourth-order valence-corrected chi connectivity index (χ4v) is 2.85. The molecular weight excluding hydrogens is 390 g/mol. The van der Waals surface area contributed by atoms with Gasteiger partial charge in [0.1, 0.15) is 0 Å². The largest absolute Gasteiger partial charge is 0.454 e. The van der Waals surface area contributed by atoms with Crippen LogP contribution in [-0.2, 0) is 4.74 Å². The Labute approximate surface area is 173 Å². The summed E-state index contributed by atoms with van der Waals surface area (Å²) in [4.78, 5) is 36.8. The minimum Gasteiger partial charge on any atom is -0.454 e. The summed E-state index contributed by atoms with van der Waals surface area (Å²) >= 11 is 5.98. The second kappa shape index (κ2) is 9.17. The van der Waals surface area contributed by atoms with Crippen LogP contribution in [0.25, 0.3) is 0 Å². The average molecular weight is 408 g/mol. The number of ketones is 1. The topological polar surface area (TPSA) is 72.5 Å². The molecule has 6 heteroatoms. The highest BCUT2D eigenvalue weighted by Crippen LogP contribution is 2.17. The van der Waals surface area contributed by atoms with Crippen molar-refractivity contribution in [3.8, 4) is 0 Å². The van der Waals surface area contributed by atoms with Crippen molar-refractivity contribution in [3.05, 3.63) is 100 Å². The predicted octanol–water partition coefficient (Wildman–Crippen LogP) is 4.94.